The van der Waals surface area contributed by atoms with E-state index in [0.29, 0.717) is 23.8 Å². The number of piperazine rings is 1. The van der Waals surface area contributed by atoms with E-state index in [0.717, 1.165) is 18.7 Å². The van der Waals surface area contributed by atoms with E-state index in [4.69, 9.17) is 11.6 Å². The number of amides is 1. The van der Waals surface area contributed by atoms with Gasteiger partial charge in [-0.1, -0.05) is 17.7 Å². The summed E-state index contributed by atoms with van der Waals surface area (Å²) in [5, 5.41) is 14.6. The molecule has 1 N–H and O–H groups in total. The minimum absolute atomic E-state index is 0.141. The van der Waals surface area contributed by atoms with Crippen molar-refractivity contribution in [1.82, 2.24) is 9.80 Å². The van der Waals surface area contributed by atoms with Crippen molar-refractivity contribution in [3.05, 3.63) is 28.8 Å². The average Bonchev–Trinajstić information content (AvgIpc) is 2.49. The van der Waals surface area contributed by atoms with Crippen LogP contribution in [0, 0.1) is 6.92 Å². The van der Waals surface area contributed by atoms with E-state index in [1.807, 2.05) is 14.0 Å². The van der Waals surface area contributed by atoms with Crippen molar-refractivity contribution in [2.24, 2.45) is 0 Å². The molecule has 1 fully saturated rings. The van der Waals surface area contributed by atoms with E-state index >= 15 is 0 Å². The van der Waals surface area contributed by atoms with Gasteiger partial charge in [-0.2, -0.15) is 0 Å². The Bertz CT molecular complexity index is 586. The third-order valence-electron chi connectivity index (χ3n) is 4.09. The highest BCUT2D eigenvalue weighted by atomic mass is 35.5. The summed E-state index contributed by atoms with van der Waals surface area (Å²) in [5.74, 6) is -1.58. The Labute approximate surface area is 141 Å². The summed E-state index contributed by atoms with van der Waals surface area (Å²) in [6, 6.07) is 4.28. The van der Waals surface area contributed by atoms with Crippen LogP contribution in [-0.2, 0) is 9.59 Å². The van der Waals surface area contributed by atoms with Gasteiger partial charge in [0.25, 0.3) is 0 Å². The molecule has 1 atom stereocenters. The van der Waals surface area contributed by atoms with Gasteiger partial charge in [0.05, 0.1) is 12.0 Å². The van der Waals surface area contributed by atoms with Crippen LogP contribution in [0.5, 0.6) is 0 Å². The van der Waals surface area contributed by atoms with Crippen molar-refractivity contribution in [3.63, 3.8) is 0 Å². The van der Waals surface area contributed by atoms with Crippen molar-refractivity contribution in [2.75, 3.05) is 38.5 Å². The molecule has 126 valence electrons. The number of carboxylic acids is 1. The average molecular weight is 339 g/mol. The molecule has 1 amide bonds. The van der Waals surface area contributed by atoms with Gasteiger partial charge in [0.15, 0.2) is 0 Å². The molecule has 0 bridgehead atoms. The molecule has 1 aromatic rings. The normalized spacial score (nSPS) is 17.7. The molecule has 1 unspecified atom stereocenters. The maximum absolute atomic E-state index is 12.1. The molecule has 7 heteroatoms. The number of nitrogens with one attached hydrogen (secondary N) is 1. The molecule has 23 heavy (non-hydrogen) atoms. The number of halogens is 1. The molecule has 1 aliphatic heterocycles. The predicted molar refractivity (Wildman–Crippen MR) is 87.3 cm³/mol. The number of aryl methyl sites for hydroxylation is 1. The van der Waals surface area contributed by atoms with Crippen LogP contribution in [0.4, 0.5) is 5.69 Å². The minimum Gasteiger partial charge on any atom is -0.548 e. The largest absolute Gasteiger partial charge is 0.548 e. The smallest absolute Gasteiger partial charge is 0.226 e. The quantitative estimate of drug-likeness (QED) is 0.838. The highest BCUT2D eigenvalue weighted by Crippen LogP contribution is 2.20. The van der Waals surface area contributed by atoms with Gasteiger partial charge >= 0.3 is 0 Å². The Balaban J connectivity index is 1.97. The summed E-state index contributed by atoms with van der Waals surface area (Å²) < 4.78 is 0. The van der Waals surface area contributed by atoms with E-state index in [9.17, 15) is 14.7 Å². The summed E-state index contributed by atoms with van der Waals surface area (Å²) in [5.41, 5.74) is 1.47. The monoisotopic (exact) mass is 338 g/mol. The molecule has 1 saturated heterocycles. The Morgan fingerprint density at radius 3 is 2.52 bits per heavy atom. The Hall–Kier alpha value is -1.63. The number of likely N-dealkylation sites (N-methyl/N-ethyl adjacent to an activating group) is 1. The zero-order chi connectivity index (χ0) is 17.0. The summed E-state index contributed by atoms with van der Waals surface area (Å²) in [6.07, 6.45) is -0.141. The second-order valence-electron chi connectivity index (χ2n) is 5.89. The molecule has 1 heterocycles. The van der Waals surface area contributed by atoms with Crippen molar-refractivity contribution in [2.45, 2.75) is 19.4 Å². The standard InChI is InChI=1S/C16H22ClN3O3/c1-11-3-4-12(9-13(11)17)18-15(21)10-14(16(22)23)20-7-5-19(2)6-8-20/h3-4,9,14H,5-8,10H2,1-2H3,(H,18,21)(H,22,23)/p-1. The Morgan fingerprint density at radius 2 is 1.96 bits per heavy atom. The fourth-order valence-electron chi connectivity index (χ4n) is 2.55. The van der Waals surface area contributed by atoms with Gasteiger partial charge in [0.1, 0.15) is 0 Å². The Kier molecular flexibility index (Phi) is 5.98. The third kappa shape index (κ3) is 4.92. The van der Waals surface area contributed by atoms with E-state index in [1.54, 1.807) is 23.1 Å². The number of rotatable bonds is 5. The number of anilines is 1. The van der Waals surface area contributed by atoms with Crippen molar-refractivity contribution >= 4 is 29.2 Å². The Morgan fingerprint density at radius 1 is 1.30 bits per heavy atom. The number of benzene rings is 1. The fourth-order valence-corrected chi connectivity index (χ4v) is 2.73. The van der Waals surface area contributed by atoms with Crippen molar-refractivity contribution < 1.29 is 14.7 Å². The number of carbonyl (C=O) groups excluding carboxylic acids is 2. The summed E-state index contributed by atoms with van der Waals surface area (Å²) in [4.78, 5) is 27.5. The van der Waals surface area contributed by atoms with Crippen LogP contribution in [0.1, 0.15) is 12.0 Å². The van der Waals surface area contributed by atoms with Crippen LogP contribution in [0.25, 0.3) is 0 Å². The van der Waals surface area contributed by atoms with Crippen molar-refractivity contribution in [3.8, 4) is 0 Å². The SMILES string of the molecule is Cc1ccc(NC(=O)CC(C(=O)[O-])N2CCN(C)CC2)cc1Cl. The molecule has 0 spiro atoms. The minimum atomic E-state index is -1.22. The molecule has 0 aliphatic carbocycles. The number of aliphatic carboxylic acids is 1. The lowest BCUT2D eigenvalue weighted by Crippen LogP contribution is -2.55. The van der Waals surface area contributed by atoms with Gasteiger partial charge in [-0.3, -0.25) is 9.69 Å². The van der Waals surface area contributed by atoms with Crippen LogP contribution in [0.15, 0.2) is 18.2 Å². The van der Waals surface area contributed by atoms with Crippen LogP contribution >= 0.6 is 11.6 Å². The molecule has 1 aromatic carbocycles. The molecular formula is C16H21ClN3O3-. The molecule has 0 saturated carbocycles. The lowest BCUT2D eigenvalue weighted by Gasteiger charge is -2.38. The van der Waals surface area contributed by atoms with Crippen LogP contribution in [0.3, 0.4) is 0 Å². The molecule has 1 aliphatic rings. The van der Waals surface area contributed by atoms with E-state index in [2.05, 4.69) is 10.2 Å². The first-order valence-electron chi connectivity index (χ1n) is 7.56. The molecular weight excluding hydrogens is 318 g/mol. The lowest BCUT2D eigenvalue weighted by atomic mass is 10.1. The van der Waals surface area contributed by atoms with Gasteiger partial charge in [-0.15, -0.1) is 0 Å². The number of nitrogens with zero attached hydrogens (tertiary/aromatic N) is 2. The first kappa shape index (κ1) is 17.7. The first-order valence-corrected chi connectivity index (χ1v) is 7.94. The van der Waals surface area contributed by atoms with E-state index < -0.39 is 12.0 Å². The van der Waals surface area contributed by atoms with Gasteiger partial charge in [0.2, 0.25) is 5.91 Å². The highest BCUT2D eigenvalue weighted by molar-refractivity contribution is 6.31. The van der Waals surface area contributed by atoms with Gasteiger partial charge in [-0.05, 0) is 31.7 Å². The maximum atomic E-state index is 12.1. The van der Waals surface area contributed by atoms with Crippen LogP contribution in [-0.4, -0.2) is 60.9 Å². The van der Waals surface area contributed by atoms with Gasteiger partial charge in [-0.25, -0.2) is 0 Å². The maximum Gasteiger partial charge on any atom is 0.226 e. The molecule has 6 nitrogen and oxygen atoms in total. The molecule has 0 aromatic heterocycles. The zero-order valence-corrected chi connectivity index (χ0v) is 14.1. The van der Waals surface area contributed by atoms with Crippen LogP contribution in [0.2, 0.25) is 5.02 Å². The zero-order valence-electron chi connectivity index (χ0n) is 13.3. The molecule has 0 radical (unpaired) electrons. The van der Waals surface area contributed by atoms with E-state index in [-0.39, 0.29) is 12.3 Å². The lowest BCUT2D eigenvalue weighted by molar-refractivity contribution is -0.312. The van der Waals surface area contributed by atoms with E-state index in [1.165, 1.54) is 0 Å². The van der Waals surface area contributed by atoms with Gasteiger partial charge in [0, 0.05) is 43.3 Å². The number of hydrogen-bond donors (Lipinski definition) is 1. The van der Waals surface area contributed by atoms with Crippen molar-refractivity contribution in [1.29, 1.82) is 0 Å². The summed E-state index contributed by atoms with van der Waals surface area (Å²) in [6.45, 7) is 4.64. The fraction of sp³-hybridized carbons (Fsp3) is 0.500. The number of carbonyl (C=O) groups is 2. The first-order chi connectivity index (χ1) is 10.9. The summed E-state index contributed by atoms with van der Waals surface area (Å²) >= 11 is 6.02. The number of carboxylic acid groups (broad SMARTS) is 1. The second kappa shape index (κ2) is 7.77. The second-order valence-corrected chi connectivity index (χ2v) is 6.30. The highest BCUT2D eigenvalue weighted by Gasteiger charge is 2.25. The number of hydrogen-bond acceptors (Lipinski definition) is 5. The topological polar surface area (TPSA) is 75.7 Å². The van der Waals surface area contributed by atoms with Crippen LogP contribution < -0.4 is 10.4 Å². The predicted octanol–water partition coefficient (Wildman–Crippen LogP) is 0.343. The molecule has 2 rings (SSSR count). The summed E-state index contributed by atoms with van der Waals surface area (Å²) in [7, 11) is 1.99. The van der Waals surface area contributed by atoms with Gasteiger partial charge < -0.3 is 20.1 Å². The third-order valence-corrected chi connectivity index (χ3v) is 4.49.